The summed E-state index contributed by atoms with van der Waals surface area (Å²) in [7, 11) is 0. The molecule has 0 aliphatic heterocycles. The zero-order valence-electron chi connectivity index (χ0n) is 5.94. The molecule has 0 aliphatic carbocycles. The topological polar surface area (TPSA) is 56.7 Å². The second kappa shape index (κ2) is 5.56. The van der Waals surface area contributed by atoms with Crippen molar-refractivity contribution < 1.29 is 10.5 Å². The van der Waals surface area contributed by atoms with Gasteiger partial charge >= 0.3 is 0 Å². The van der Waals surface area contributed by atoms with E-state index in [4.69, 9.17) is 0 Å². The van der Waals surface area contributed by atoms with E-state index in [1.54, 1.807) is 0 Å². The van der Waals surface area contributed by atoms with Gasteiger partial charge in [-0.05, 0) is 6.42 Å². The summed E-state index contributed by atoms with van der Waals surface area (Å²) in [5.74, 6) is 0.0449. The highest BCUT2D eigenvalue weighted by molar-refractivity contribution is 5.76. The third-order valence-electron chi connectivity index (χ3n) is 1.08. The normalized spacial score (nSPS) is 9.11. The van der Waals surface area contributed by atoms with Gasteiger partial charge in [0.1, 0.15) is 0 Å². The predicted molar refractivity (Wildman–Crippen MR) is 35.7 cm³/mol. The lowest BCUT2D eigenvalue weighted by atomic mass is 10.3. The summed E-state index contributed by atoms with van der Waals surface area (Å²) in [5, 5.41) is 2.73. The zero-order valence-corrected chi connectivity index (χ0v) is 5.94. The van der Waals surface area contributed by atoms with Gasteiger partial charge in [-0.1, -0.05) is 13.3 Å². The monoisotopic (exact) mass is 131 g/mol. The van der Waals surface area contributed by atoms with E-state index in [-0.39, 0.29) is 5.91 Å². The van der Waals surface area contributed by atoms with Crippen LogP contribution < -0.4 is 11.1 Å². The zero-order chi connectivity index (χ0) is 7.11. The van der Waals surface area contributed by atoms with E-state index in [2.05, 4.69) is 18.0 Å². The minimum absolute atomic E-state index is 0.0449. The van der Waals surface area contributed by atoms with Crippen molar-refractivity contribution in [3.8, 4) is 0 Å². The van der Waals surface area contributed by atoms with Gasteiger partial charge in [0, 0.05) is 6.54 Å². The highest BCUT2D eigenvalue weighted by atomic mass is 16.1. The van der Waals surface area contributed by atoms with Crippen LogP contribution in [0.25, 0.3) is 0 Å². The van der Waals surface area contributed by atoms with E-state index < -0.39 is 0 Å². The summed E-state index contributed by atoms with van der Waals surface area (Å²) in [5.41, 5.74) is 3.45. The van der Waals surface area contributed by atoms with E-state index in [1.807, 2.05) is 0 Å². The number of hydrogen-bond acceptors (Lipinski definition) is 1. The van der Waals surface area contributed by atoms with Gasteiger partial charge in [0.15, 0.2) is 6.54 Å². The highest BCUT2D eigenvalue weighted by Gasteiger charge is 1.95. The Morgan fingerprint density at radius 3 is 2.78 bits per heavy atom. The van der Waals surface area contributed by atoms with Crippen LogP contribution >= 0.6 is 0 Å². The Bertz CT molecular complexity index is 83.1. The SMILES string of the molecule is CCCCNC(=O)C[NH3+]. The van der Waals surface area contributed by atoms with Gasteiger partial charge in [-0.25, -0.2) is 0 Å². The molecule has 9 heavy (non-hydrogen) atoms. The average Bonchev–Trinajstić information content (AvgIpc) is 1.89. The molecule has 0 aromatic heterocycles. The Morgan fingerprint density at radius 2 is 2.33 bits per heavy atom. The fourth-order valence-electron chi connectivity index (χ4n) is 0.493. The lowest BCUT2D eigenvalue weighted by Gasteiger charge is -1.97. The first kappa shape index (κ1) is 8.43. The minimum atomic E-state index is 0.0449. The van der Waals surface area contributed by atoms with Crippen LogP contribution in [0.1, 0.15) is 19.8 Å². The van der Waals surface area contributed by atoms with Crippen LogP contribution in [0.5, 0.6) is 0 Å². The average molecular weight is 131 g/mol. The molecule has 1 amide bonds. The van der Waals surface area contributed by atoms with E-state index in [9.17, 15) is 4.79 Å². The minimum Gasteiger partial charge on any atom is -0.351 e. The van der Waals surface area contributed by atoms with Crippen molar-refractivity contribution in [2.24, 2.45) is 0 Å². The molecule has 3 heteroatoms. The Balaban J connectivity index is 2.97. The Hall–Kier alpha value is -0.570. The van der Waals surface area contributed by atoms with Crippen LogP contribution in [0.3, 0.4) is 0 Å². The molecule has 0 bridgehead atoms. The van der Waals surface area contributed by atoms with E-state index in [0.717, 1.165) is 19.4 Å². The first-order valence-corrected chi connectivity index (χ1v) is 3.37. The number of carbonyl (C=O) groups is 1. The summed E-state index contributed by atoms with van der Waals surface area (Å²) >= 11 is 0. The molecule has 0 heterocycles. The fraction of sp³-hybridized carbons (Fsp3) is 0.833. The molecule has 0 atom stereocenters. The van der Waals surface area contributed by atoms with Crippen molar-refractivity contribution in [3.63, 3.8) is 0 Å². The summed E-state index contributed by atoms with van der Waals surface area (Å²) < 4.78 is 0. The molecular weight excluding hydrogens is 116 g/mol. The number of rotatable bonds is 4. The smallest absolute Gasteiger partial charge is 0.275 e. The van der Waals surface area contributed by atoms with Crippen LogP contribution in [0.4, 0.5) is 0 Å². The molecule has 0 aromatic rings. The predicted octanol–water partition coefficient (Wildman–Crippen LogP) is -0.855. The maximum absolute atomic E-state index is 10.5. The molecule has 3 nitrogen and oxygen atoms in total. The van der Waals surface area contributed by atoms with E-state index in [1.165, 1.54) is 0 Å². The van der Waals surface area contributed by atoms with Gasteiger partial charge in [0.05, 0.1) is 0 Å². The van der Waals surface area contributed by atoms with Crippen molar-refractivity contribution in [2.45, 2.75) is 19.8 Å². The Labute approximate surface area is 55.6 Å². The molecule has 0 saturated carbocycles. The largest absolute Gasteiger partial charge is 0.351 e. The van der Waals surface area contributed by atoms with Gasteiger partial charge in [-0.15, -0.1) is 0 Å². The number of unbranched alkanes of at least 4 members (excludes halogenated alkanes) is 1. The molecule has 0 unspecified atom stereocenters. The molecule has 0 aliphatic rings. The summed E-state index contributed by atoms with van der Waals surface area (Å²) in [6.45, 7) is 3.24. The number of hydrogen-bond donors (Lipinski definition) is 2. The number of nitrogens with one attached hydrogen (secondary N) is 1. The summed E-state index contributed by atoms with van der Waals surface area (Å²) in [6, 6.07) is 0. The number of quaternary nitrogens is 1. The van der Waals surface area contributed by atoms with Crippen molar-refractivity contribution in [1.29, 1.82) is 0 Å². The second-order valence-corrected chi connectivity index (χ2v) is 1.95. The molecular formula is C6H15N2O+. The van der Waals surface area contributed by atoms with Crippen LogP contribution in [0, 0.1) is 0 Å². The first-order valence-electron chi connectivity index (χ1n) is 3.37. The number of amides is 1. The van der Waals surface area contributed by atoms with Crippen molar-refractivity contribution in [2.75, 3.05) is 13.1 Å². The lowest BCUT2D eigenvalue weighted by molar-refractivity contribution is -0.355. The summed E-state index contributed by atoms with van der Waals surface area (Å²) in [6.07, 6.45) is 2.18. The Morgan fingerprint density at radius 1 is 1.67 bits per heavy atom. The van der Waals surface area contributed by atoms with Gasteiger partial charge in [-0.2, -0.15) is 0 Å². The van der Waals surface area contributed by atoms with Crippen molar-refractivity contribution in [3.05, 3.63) is 0 Å². The first-order chi connectivity index (χ1) is 4.31. The molecule has 0 spiro atoms. The maximum atomic E-state index is 10.5. The van der Waals surface area contributed by atoms with E-state index in [0.29, 0.717) is 6.54 Å². The van der Waals surface area contributed by atoms with E-state index >= 15 is 0 Å². The van der Waals surface area contributed by atoms with Crippen LogP contribution in [0.15, 0.2) is 0 Å². The summed E-state index contributed by atoms with van der Waals surface area (Å²) in [4.78, 5) is 10.5. The number of carbonyl (C=O) groups excluding carboxylic acids is 1. The van der Waals surface area contributed by atoms with Crippen molar-refractivity contribution in [1.82, 2.24) is 5.32 Å². The lowest BCUT2D eigenvalue weighted by Crippen LogP contribution is -2.57. The fourth-order valence-corrected chi connectivity index (χ4v) is 0.493. The Kier molecular flexibility index (Phi) is 5.21. The van der Waals surface area contributed by atoms with Crippen LogP contribution in [-0.4, -0.2) is 19.0 Å². The second-order valence-electron chi connectivity index (χ2n) is 1.95. The van der Waals surface area contributed by atoms with Crippen LogP contribution in [-0.2, 0) is 4.79 Å². The molecule has 0 fully saturated rings. The van der Waals surface area contributed by atoms with Crippen LogP contribution in [0.2, 0.25) is 0 Å². The van der Waals surface area contributed by atoms with Gasteiger partial charge in [0.2, 0.25) is 0 Å². The molecule has 0 radical (unpaired) electrons. The highest BCUT2D eigenvalue weighted by Crippen LogP contribution is 1.80. The maximum Gasteiger partial charge on any atom is 0.275 e. The third kappa shape index (κ3) is 5.30. The van der Waals surface area contributed by atoms with Gasteiger partial charge < -0.3 is 11.1 Å². The van der Waals surface area contributed by atoms with Gasteiger partial charge in [-0.3, -0.25) is 4.79 Å². The molecule has 0 rings (SSSR count). The quantitative estimate of drug-likeness (QED) is 0.479. The standard InChI is InChI=1S/C6H14N2O/c1-2-3-4-8-6(9)5-7/h2-5,7H2,1H3,(H,8,9)/p+1. The molecule has 54 valence electrons. The van der Waals surface area contributed by atoms with Crippen molar-refractivity contribution >= 4 is 5.91 Å². The molecule has 4 N–H and O–H groups in total. The third-order valence-corrected chi connectivity index (χ3v) is 1.08. The van der Waals surface area contributed by atoms with Gasteiger partial charge in [0.25, 0.3) is 5.91 Å². The molecule has 0 aromatic carbocycles. The molecule has 0 saturated heterocycles.